The van der Waals surface area contributed by atoms with Gasteiger partial charge in [0.25, 0.3) is 5.91 Å². The van der Waals surface area contributed by atoms with Gasteiger partial charge in [-0.05, 0) is 48.9 Å². The number of halogens is 2. The number of amidine groups is 1. The lowest BCUT2D eigenvalue weighted by Crippen LogP contribution is -2.26. The summed E-state index contributed by atoms with van der Waals surface area (Å²) in [5.74, 6) is 0.431. The third-order valence-corrected chi connectivity index (χ3v) is 6.18. The predicted molar refractivity (Wildman–Crippen MR) is 143 cm³/mol. The molecule has 4 rings (SSSR count). The van der Waals surface area contributed by atoms with E-state index in [2.05, 4.69) is 15.6 Å². The fourth-order valence-electron chi connectivity index (χ4n) is 3.95. The van der Waals surface area contributed by atoms with Crippen molar-refractivity contribution in [1.29, 1.82) is 0 Å². The monoisotopic (exact) mass is 528 g/mol. The van der Waals surface area contributed by atoms with Gasteiger partial charge in [-0.2, -0.15) is 0 Å². The molecule has 1 amide bonds. The molecule has 0 saturated carbocycles. The molecule has 2 aromatic carbocycles. The van der Waals surface area contributed by atoms with E-state index in [1.165, 1.54) is 12.1 Å². The highest BCUT2D eigenvalue weighted by Crippen LogP contribution is 2.25. The number of ether oxygens (including phenoxy) is 2. The second-order valence-corrected chi connectivity index (χ2v) is 8.96. The summed E-state index contributed by atoms with van der Waals surface area (Å²) >= 11 is 6.37. The van der Waals surface area contributed by atoms with Gasteiger partial charge in [0.2, 0.25) is 0 Å². The molecule has 0 aromatic heterocycles. The average molecular weight is 529 g/mol. The first-order valence-electron chi connectivity index (χ1n) is 12.1. The second kappa shape index (κ2) is 13.2. The lowest BCUT2D eigenvalue weighted by atomic mass is 10.1. The SMILES string of the molecule is O=C(Nc1ccc(Cl)c(COC2=CNC(=NCCO)C=CC2)c1)c1cc(F)cc(N2CCCOCC2)c1. The molecule has 2 aromatic rings. The maximum atomic E-state index is 14.4. The highest BCUT2D eigenvalue weighted by molar-refractivity contribution is 6.31. The van der Waals surface area contributed by atoms with Crippen molar-refractivity contribution in [2.75, 3.05) is 49.7 Å². The van der Waals surface area contributed by atoms with Gasteiger partial charge in [0.1, 0.15) is 24.0 Å². The van der Waals surface area contributed by atoms with E-state index in [9.17, 15) is 9.18 Å². The molecule has 2 aliphatic rings. The highest BCUT2D eigenvalue weighted by atomic mass is 35.5. The number of allylic oxidation sites excluding steroid dienone is 1. The second-order valence-electron chi connectivity index (χ2n) is 8.55. The zero-order chi connectivity index (χ0) is 26.0. The van der Waals surface area contributed by atoms with Crippen LogP contribution in [0.5, 0.6) is 0 Å². The number of nitrogens with zero attached hydrogens (tertiary/aromatic N) is 2. The van der Waals surface area contributed by atoms with Crippen molar-refractivity contribution in [2.45, 2.75) is 19.4 Å². The van der Waals surface area contributed by atoms with Crippen molar-refractivity contribution in [3.63, 3.8) is 0 Å². The topological polar surface area (TPSA) is 95.4 Å². The van der Waals surface area contributed by atoms with E-state index in [0.29, 0.717) is 66.3 Å². The smallest absolute Gasteiger partial charge is 0.255 e. The van der Waals surface area contributed by atoms with Crippen molar-refractivity contribution < 1.29 is 23.8 Å². The maximum Gasteiger partial charge on any atom is 0.255 e. The Kier molecular flexibility index (Phi) is 9.53. The molecule has 0 unspecified atom stereocenters. The summed E-state index contributed by atoms with van der Waals surface area (Å²) in [6.07, 6.45) is 6.85. The van der Waals surface area contributed by atoms with Crippen molar-refractivity contribution in [3.05, 3.63) is 82.5 Å². The zero-order valence-corrected chi connectivity index (χ0v) is 21.1. The number of aliphatic imine (C=N–C) groups is 1. The van der Waals surface area contributed by atoms with Crippen molar-refractivity contribution >= 4 is 34.7 Å². The van der Waals surface area contributed by atoms with E-state index in [0.717, 1.165) is 13.0 Å². The first kappa shape index (κ1) is 26.7. The molecule has 196 valence electrons. The molecule has 0 spiro atoms. The van der Waals surface area contributed by atoms with Crippen LogP contribution in [0.1, 0.15) is 28.8 Å². The molecule has 3 N–H and O–H groups in total. The molecule has 10 heteroatoms. The molecule has 8 nitrogen and oxygen atoms in total. The largest absolute Gasteiger partial charge is 0.491 e. The van der Waals surface area contributed by atoms with E-state index < -0.39 is 11.7 Å². The maximum absolute atomic E-state index is 14.4. The Hall–Kier alpha value is -3.40. The van der Waals surface area contributed by atoms with Crippen LogP contribution in [-0.4, -0.2) is 56.3 Å². The summed E-state index contributed by atoms with van der Waals surface area (Å²) in [7, 11) is 0. The standard InChI is InChI=1S/C27H30ClFN4O4/c28-25-6-5-22(14-20(25)18-37-24-3-1-4-26(31-17-24)30-7-10-34)32-27(35)19-13-21(29)16-23(15-19)33-8-2-11-36-12-9-33/h1,4-6,13-17,34H,2-3,7-12,18H2,(H,30,31)(H,32,35). The van der Waals surface area contributed by atoms with E-state index in [4.69, 9.17) is 26.2 Å². The first-order chi connectivity index (χ1) is 18.0. The Morgan fingerprint density at radius 1 is 1.24 bits per heavy atom. The summed E-state index contributed by atoms with van der Waals surface area (Å²) in [4.78, 5) is 19.2. The summed E-state index contributed by atoms with van der Waals surface area (Å²) in [5.41, 5.74) is 2.10. The molecule has 0 bridgehead atoms. The Bertz CT molecular complexity index is 1190. The molecule has 1 fully saturated rings. The van der Waals surface area contributed by atoms with Crippen LogP contribution in [0.2, 0.25) is 5.02 Å². The summed E-state index contributed by atoms with van der Waals surface area (Å²) in [6, 6.07) is 9.47. The van der Waals surface area contributed by atoms with E-state index >= 15 is 0 Å². The number of aliphatic hydroxyl groups excluding tert-OH is 1. The van der Waals surface area contributed by atoms with E-state index in [1.807, 2.05) is 17.1 Å². The Balaban J connectivity index is 1.41. The summed E-state index contributed by atoms with van der Waals surface area (Å²) in [5, 5.41) is 15.3. The van der Waals surface area contributed by atoms with Gasteiger partial charge >= 0.3 is 0 Å². The minimum Gasteiger partial charge on any atom is -0.491 e. The van der Waals surface area contributed by atoms with Crippen LogP contribution < -0.4 is 15.5 Å². The Labute approximate surface area is 220 Å². The number of carbonyl (C=O) groups is 1. The van der Waals surface area contributed by atoms with Crippen molar-refractivity contribution in [1.82, 2.24) is 5.32 Å². The Morgan fingerprint density at radius 3 is 3.00 bits per heavy atom. The van der Waals surface area contributed by atoms with Gasteiger partial charge in [0.05, 0.1) is 19.8 Å². The van der Waals surface area contributed by atoms with E-state index in [-0.39, 0.29) is 18.8 Å². The zero-order valence-electron chi connectivity index (χ0n) is 20.4. The first-order valence-corrected chi connectivity index (χ1v) is 12.5. The molecule has 0 aliphatic carbocycles. The van der Waals surface area contributed by atoms with Crippen LogP contribution in [0.15, 0.2) is 65.5 Å². The molecule has 2 heterocycles. The number of aliphatic hydroxyl groups is 1. The fourth-order valence-corrected chi connectivity index (χ4v) is 4.12. The molecular formula is C27H30ClFN4O4. The number of hydrogen-bond donors (Lipinski definition) is 3. The van der Waals surface area contributed by atoms with Gasteiger partial charge in [-0.1, -0.05) is 17.7 Å². The number of carbonyl (C=O) groups excluding carboxylic acids is 1. The number of amides is 1. The van der Waals surface area contributed by atoms with Gasteiger partial charge in [-0.25, -0.2) is 4.39 Å². The normalized spacial score (nSPS) is 17.0. The minimum atomic E-state index is -0.470. The molecule has 1 saturated heterocycles. The molecule has 37 heavy (non-hydrogen) atoms. The number of hydrogen-bond acceptors (Lipinski definition) is 6. The van der Waals surface area contributed by atoms with Crippen LogP contribution in [0, 0.1) is 5.82 Å². The molecular weight excluding hydrogens is 499 g/mol. The van der Waals surface area contributed by atoms with Crippen LogP contribution in [0.4, 0.5) is 15.8 Å². The number of nitrogens with one attached hydrogen (secondary N) is 2. The summed E-state index contributed by atoms with van der Waals surface area (Å²) in [6.45, 7) is 3.10. The lowest BCUT2D eigenvalue weighted by molar-refractivity contribution is 0.102. The van der Waals surface area contributed by atoms with Gasteiger partial charge in [-0.15, -0.1) is 0 Å². The van der Waals surface area contributed by atoms with Crippen molar-refractivity contribution in [3.8, 4) is 0 Å². The van der Waals surface area contributed by atoms with Crippen LogP contribution >= 0.6 is 11.6 Å². The van der Waals surface area contributed by atoms with Crippen LogP contribution in [-0.2, 0) is 16.1 Å². The molecule has 0 radical (unpaired) electrons. The van der Waals surface area contributed by atoms with Crippen LogP contribution in [0.25, 0.3) is 0 Å². The minimum absolute atomic E-state index is 0.0221. The highest BCUT2D eigenvalue weighted by Gasteiger charge is 2.16. The lowest BCUT2D eigenvalue weighted by Gasteiger charge is -2.22. The molecule has 0 atom stereocenters. The molecule has 2 aliphatic heterocycles. The predicted octanol–water partition coefficient (Wildman–Crippen LogP) is 4.26. The number of benzene rings is 2. The Morgan fingerprint density at radius 2 is 2.14 bits per heavy atom. The third-order valence-electron chi connectivity index (χ3n) is 5.81. The fraction of sp³-hybridized carbons (Fsp3) is 0.333. The summed E-state index contributed by atoms with van der Waals surface area (Å²) < 4.78 is 25.8. The number of rotatable bonds is 8. The van der Waals surface area contributed by atoms with Gasteiger partial charge in [0.15, 0.2) is 0 Å². The van der Waals surface area contributed by atoms with Crippen LogP contribution in [0.3, 0.4) is 0 Å². The third kappa shape index (κ3) is 7.79. The van der Waals surface area contributed by atoms with Crippen molar-refractivity contribution in [2.24, 2.45) is 4.99 Å². The van der Waals surface area contributed by atoms with Gasteiger partial charge in [-0.3, -0.25) is 9.79 Å². The quantitative estimate of drug-likeness (QED) is 0.474. The number of anilines is 2. The van der Waals surface area contributed by atoms with E-state index in [1.54, 1.807) is 30.5 Å². The average Bonchev–Trinajstić information content (AvgIpc) is 3.31. The van der Waals surface area contributed by atoms with Gasteiger partial charge < -0.3 is 30.1 Å². The van der Waals surface area contributed by atoms with Gasteiger partial charge in [0, 0.05) is 59.8 Å².